The van der Waals surface area contributed by atoms with Gasteiger partial charge in [-0.15, -0.1) is 0 Å². The van der Waals surface area contributed by atoms with Crippen LogP contribution in [0.5, 0.6) is 5.75 Å². The zero-order valence-electron chi connectivity index (χ0n) is 14.9. The Morgan fingerprint density at radius 1 is 0.714 bits per heavy atom. The number of rotatable bonds is 2. The topological polar surface area (TPSA) is 33.1 Å². The highest BCUT2D eigenvalue weighted by molar-refractivity contribution is 6.30. The molecule has 0 aliphatic rings. The highest BCUT2D eigenvalue weighted by Crippen LogP contribution is 2.37. The Morgan fingerprint density at radius 2 is 1.43 bits per heavy atom. The van der Waals surface area contributed by atoms with Crippen LogP contribution in [0, 0.1) is 0 Å². The molecule has 0 spiro atoms. The van der Waals surface area contributed by atoms with Crippen molar-refractivity contribution in [1.29, 1.82) is 0 Å². The SMILES string of the molecule is Oc1ccc(-c2cc(-c3ccc(Cl)cc3)c3c(ccc4ccccc43)n2)cc1. The maximum atomic E-state index is 9.62. The Labute approximate surface area is 167 Å². The van der Waals surface area contributed by atoms with E-state index in [1.54, 1.807) is 12.1 Å². The van der Waals surface area contributed by atoms with Crippen LogP contribution in [0.3, 0.4) is 0 Å². The molecule has 28 heavy (non-hydrogen) atoms. The molecule has 0 radical (unpaired) electrons. The number of aromatic nitrogens is 1. The second-order valence-electron chi connectivity index (χ2n) is 6.79. The molecule has 3 heteroatoms. The largest absolute Gasteiger partial charge is 0.508 e. The predicted octanol–water partition coefficient (Wildman–Crippen LogP) is 7.08. The van der Waals surface area contributed by atoms with Crippen molar-refractivity contribution in [3.63, 3.8) is 0 Å². The first-order valence-electron chi connectivity index (χ1n) is 9.07. The molecule has 0 aliphatic heterocycles. The first kappa shape index (κ1) is 16.8. The Balaban J connectivity index is 1.87. The Kier molecular flexibility index (Phi) is 4.00. The average molecular weight is 382 g/mol. The summed E-state index contributed by atoms with van der Waals surface area (Å²) < 4.78 is 0. The van der Waals surface area contributed by atoms with Crippen LogP contribution in [-0.4, -0.2) is 10.1 Å². The van der Waals surface area contributed by atoms with Crippen LogP contribution in [0.2, 0.25) is 5.02 Å². The summed E-state index contributed by atoms with van der Waals surface area (Å²) in [6, 6.07) is 29.7. The lowest BCUT2D eigenvalue weighted by molar-refractivity contribution is 0.475. The molecule has 0 bridgehead atoms. The van der Waals surface area contributed by atoms with Gasteiger partial charge in [0.1, 0.15) is 5.75 Å². The maximum Gasteiger partial charge on any atom is 0.115 e. The van der Waals surface area contributed by atoms with Gasteiger partial charge in [0.25, 0.3) is 0 Å². The molecule has 1 N–H and O–H groups in total. The van der Waals surface area contributed by atoms with Crippen molar-refractivity contribution in [2.75, 3.05) is 0 Å². The van der Waals surface area contributed by atoms with Crippen molar-refractivity contribution in [2.24, 2.45) is 0 Å². The quantitative estimate of drug-likeness (QED) is 0.331. The number of hydrogen-bond acceptors (Lipinski definition) is 2. The number of fused-ring (bicyclic) bond motifs is 3. The number of pyridine rings is 1. The average Bonchev–Trinajstić information content (AvgIpc) is 2.74. The smallest absolute Gasteiger partial charge is 0.115 e. The minimum atomic E-state index is 0.244. The molecule has 5 aromatic rings. The van der Waals surface area contributed by atoms with Gasteiger partial charge in [0, 0.05) is 16.0 Å². The zero-order valence-corrected chi connectivity index (χ0v) is 15.7. The summed E-state index contributed by atoms with van der Waals surface area (Å²) in [5.74, 6) is 0.244. The zero-order chi connectivity index (χ0) is 19.1. The van der Waals surface area contributed by atoms with Crippen LogP contribution < -0.4 is 0 Å². The standard InChI is InChI=1S/C25H16ClNO/c26-19-10-5-17(6-11-19)22-15-24(18-7-12-20(28)13-8-18)27-23-14-9-16-3-1-2-4-21(16)25(22)23/h1-15,28H. The lowest BCUT2D eigenvalue weighted by atomic mass is 9.94. The Morgan fingerprint density at radius 3 is 2.21 bits per heavy atom. The van der Waals surface area contributed by atoms with Crippen molar-refractivity contribution in [3.05, 3.63) is 96.0 Å². The van der Waals surface area contributed by atoms with Gasteiger partial charge in [-0.25, -0.2) is 4.98 Å². The summed E-state index contributed by atoms with van der Waals surface area (Å²) in [7, 11) is 0. The lowest BCUT2D eigenvalue weighted by Gasteiger charge is -2.13. The maximum absolute atomic E-state index is 9.62. The highest BCUT2D eigenvalue weighted by Gasteiger charge is 2.12. The summed E-state index contributed by atoms with van der Waals surface area (Å²) in [6.45, 7) is 0. The van der Waals surface area contributed by atoms with Crippen LogP contribution in [-0.2, 0) is 0 Å². The van der Waals surface area contributed by atoms with Crippen LogP contribution >= 0.6 is 11.6 Å². The van der Waals surface area contributed by atoms with Crippen molar-refractivity contribution in [3.8, 4) is 28.1 Å². The van der Waals surface area contributed by atoms with E-state index in [1.807, 2.05) is 42.5 Å². The van der Waals surface area contributed by atoms with Gasteiger partial charge in [-0.1, -0.05) is 54.1 Å². The van der Waals surface area contributed by atoms with Gasteiger partial charge in [-0.2, -0.15) is 0 Å². The second-order valence-corrected chi connectivity index (χ2v) is 7.23. The molecule has 0 unspecified atom stereocenters. The molecular formula is C25H16ClNO. The van der Waals surface area contributed by atoms with Gasteiger partial charge in [0.05, 0.1) is 11.2 Å². The van der Waals surface area contributed by atoms with Gasteiger partial charge in [-0.05, 0) is 70.4 Å². The molecule has 0 atom stereocenters. The first-order chi connectivity index (χ1) is 13.7. The fourth-order valence-electron chi connectivity index (χ4n) is 3.64. The first-order valence-corrected chi connectivity index (χ1v) is 9.45. The number of hydrogen-bond donors (Lipinski definition) is 1. The summed E-state index contributed by atoms with van der Waals surface area (Å²) in [6.07, 6.45) is 0. The number of phenolic OH excluding ortho intramolecular Hbond substituents is 1. The highest BCUT2D eigenvalue weighted by atomic mass is 35.5. The van der Waals surface area contributed by atoms with E-state index in [-0.39, 0.29) is 5.75 Å². The van der Waals surface area contributed by atoms with E-state index in [1.165, 1.54) is 10.8 Å². The van der Waals surface area contributed by atoms with Gasteiger partial charge in [0.15, 0.2) is 0 Å². The second kappa shape index (κ2) is 6.66. The molecule has 0 amide bonds. The minimum absolute atomic E-state index is 0.244. The number of phenols is 1. The molecule has 0 saturated carbocycles. The normalized spacial score (nSPS) is 11.2. The van der Waals surface area contributed by atoms with Crippen molar-refractivity contribution >= 4 is 33.3 Å². The van der Waals surface area contributed by atoms with E-state index in [9.17, 15) is 5.11 Å². The molecule has 1 aromatic heterocycles. The number of nitrogens with zero attached hydrogens (tertiary/aromatic N) is 1. The molecule has 4 aromatic carbocycles. The van der Waals surface area contributed by atoms with Gasteiger partial charge in [-0.3, -0.25) is 0 Å². The number of benzene rings is 4. The van der Waals surface area contributed by atoms with E-state index < -0.39 is 0 Å². The third-order valence-electron chi connectivity index (χ3n) is 5.02. The fourth-order valence-corrected chi connectivity index (χ4v) is 3.77. The summed E-state index contributed by atoms with van der Waals surface area (Å²) in [4.78, 5) is 4.92. The van der Waals surface area contributed by atoms with Gasteiger partial charge >= 0.3 is 0 Å². The molecule has 0 aliphatic carbocycles. The molecular weight excluding hydrogens is 366 g/mol. The number of halogens is 1. The van der Waals surface area contributed by atoms with Crippen LogP contribution in [0.4, 0.5) is 0 Å². The Hall–Kier alpha value is -3.36. The third-order valence-corrected chi connectivity index (χ3v) is 5.27. The molecule has 0 saturated heterocycles. The van der Waals surface area contributed by atoms with Gasteiger partial charge in [0.2, 0.25) is 0 Å². The molecule has 5 rings (SSSR count). The van der Waals surface area contributed by atoms with Crippen molar-refractivity contribution in [2.45, 2.75) is 0 Å². The number of aromatic hydroxyl groups is 1. The lowest BCUT2D eigenvalue weighted by Crippen LogP contribution is -1.91. The van der Waals surface area contributed by atoms with Crippen LogP contribution in [0.1, 0.15) is 0 Å². The third kappa shape index (κ3) is 2.88. The van der Waals surface area contributed by atoms with Crippen molar-refractivity contribution < 1.29 is 5.11 Å². The van der Waals surface area contributed by atoms with Crippen molar-refractivity contribution in [1.82, 2.24) is 4.98 Å². The van der Waals surface area contributed by atoms with Crippen LogP contribution in [0.15, 0.2) is 91.0 Å². The monoisotopic (exact) mass is 381 g/mol. The molecule has 2 nitrogen and oxygen atoms in total. The van der Waals surface area contributed by atoms with E-state index >= 15 is 0 Å². The summed E-state index contributed by atoms with van der Waals surface area (Å²) in [5.41, 5.74) is 4.97. The van der Waals surface area contributed by atoms with E-state index in [0.29, 0.717) is 5.02 Å². The fraction of sp³-hybridized carbons (Fsp3) is 0. The van der Waals surface area contributed by atoms with E-state index in [4.69, 9.17) is 16.6 Å². The van der Waals surface area contributed by atoms with Crippen LogP contribution in [0.25, 0.3) is 44.1 Å². The van der Waals surface area contributed by atoms with Gasteiger partial charge < -0.3 is 5.11 Å². The molecule has 1 heterocycles. The predicted molar refractivity (Wildman–Crippen MR) is 117 cm³/mol. The molecule has 0 fully saturated rings. The molecule has 134 valence electrons. The summed E-state index contributed by atoms with van der Waals surface area (Å²) >= 11 is 6.12. The minimum Gasteiger partial charge on any atom is -0.508 e. The van der Waals surface area contributed by atoms with E-state index in [0.717, 1.165) is 33.3 Å². The summed E-state index contributed by atoms with van der Waals surface area (Å²) in [5, 5.41) is 13.8. The Bertz CT molecular complexity index is 1310. The van der Waals surface area contributed by atoms with E-state index in [2.05, 4.69) is 36.4 Å².